The zero-order valence-corrected chi connectivity index (χ0v) is 15.2. The van der Waals surface area contributed by atoms with Gasteiger partial charge in [-0.05, 0) is 19.3 Å². The lowest BCUT2D eigenvalue weighted by Gasteiger charge is -2.21. The number of rotatable bonds is 5. The van der Waals surface area contributed by atoms with Crippen LogP contribution < -0.4 is 5.32 Å². The number of thiazole rings is 1. The van der Waals surface area contributed by atoms with Gasteiger partial charge in [-0.15, -0.1) is 11.3 Å². The summed E-state index contributed by atoms with van der Waals surface area (Å²) < 4.78 is 5.26. The molecule has 5 nitrogen and oxygen atoms in total. The number of aromatic nitrogens is 1. The third-order valence-electron chi connectivity index (χ3n) is 4.02. The molecule has 2 rings (SSSR count). The molecule has 1 aliphatic rings. The number of hydrogen-bond acceptors (Lipinski definition) is 4. The molecule has 0 saturated carbocycles. The van der Waals surface area contributed by atoms with Crippen LogP contribution in [0.25, 0.3) is 0 Å². The van der Waals surface area contributed by atoms with E-state index in [-0.39, 0.29) is 0 Å². The van der Waals surface area contributed by atoms with Crippen molar-refractivity contribution in [3.63, 3.8) is 0 Å². The summed E-state index contributed by atoms with van der Waals surface area (Å²) in [7, 11) is 3.62. The highest BCUT2D eigenvalue weighted by atomic mass is 32.1. The number of methoxy groups -OCH3 is 1. The smallest absolute Gasteiger partial charge is 0.194 e. The third-order valence-corrected chi connectivity index (χ3v) is 5.01. The number of nitrogens with one attached hydrogen (secondary N) is 1. The average molecular weight is 324 g/mol. The molecule has 2 heterocycles. The maximum absolute atomic E-state index is 5.26. The topological polar surface area (TPSA) is 49.8 Å². The summed E-state index contributed by atoms with van der Waals surface area (Å²) in [5.74, 6) is 2.06. The van der Waals surface area contributed by atoms with E-state index in [4.69, 9.17) is 9.72 Å². The van der Waals surface area contributed by atoms with E-state index in [2.05, 4.69) is 36.0 Å². The average Bonchev–Trinajstić information content (AvgIpc) is 3.07. The molecule has 1 N–H and O–H groups in total. The van der Waals surface area contributed by atoms with Gasteiger partial charge in [-0.1, -0.05) is 13.8 Å². The first kappa shape index (κ1) is 17.2. The Labute approximate surface area is 137 Å². The predicted octanol–water partition coefficient (Wildman–Crippen LogP) is 2.62. The lowest BCUT2D eigenvalue weighted by atomic mass is 10.1. The molecule has 22 heavy (non-hydrogen) atoms. The fraction of sp³-hybridized carbons (Fsp3) is 0.750. The standard InChI is InChI=1S/C16H28N4OS/c1-11(2)15-12(3)22-14(19-15)8-18-16(17-4)20-7-6-13(9-20)10-21-5/h11,13H,6-10H2,1-5H3,(H,17,18). The Kier molecular flexibility index (Phi) is 6.20. The van der Waals surface area contributed by atoms with Crippen molar-refractivity contribution in [2.45, 2.75) is 39.7 Å². The van der Waals surface area contributed by atoms with Crippen LogP contribution in [0.4, 0.5) is 0 Å². The summed E-state index contributed by atoms with van der Waals surface area (Å²) in [5.41, 5.74) is 1.22. The van der Waals surface area contributed by atoms with Crippen LogP contribution in [0.15, 0.2) is 4.99 Å². The van der Waals surface area contributed by atoms with Gasteiger partial charge in [0.2, 0.25) is 0 Å². The quantitative estimate of drug-likeness (QED) is 0.668. The molecular formula is C16H28N4OS. The molecular weight excluding hydrogens is 296 g/mol. The summed E-state index contributed by atoms with van der Waals surface area (Å²) >= 11 is 1.78. The molecule has 1 atom stereocenters. The second-order valence-corrected chi connectivity index (χ2v) is 7.45. The van der Waals surface area contributed by atoms with Gasteiger partial charge in [0.05, 0.1) is 18.8 Å². The molecule has 0 aromatic carbocycles. The van der Waals surface area contributed by atoms with Crippen molar-refractivity contribution >= 4 is 17.3 Å². The molecule has 1 aromatic heterocycles. The summed E-state index contributed by atoms with van der Waals surface area (Å²) in [5, 5.41) is 4.59. The van der Waals surface area contributed by atoms with Crippen molar-refractivity contribution in [3.8, 4) is 0 Å². The van der Waals surface area contributed by atoms with Crippen LogP contribution in [0.3, 0.4) is 0 Å². The van der Waals surface area contributed by atoms with Gasteiger partial charge in [0, 0.05) is 38.0 Å². The minimum atomic E-state index is 0.484. The fourth-order valence-electron chi connectivity index (χ4n) is 2.96. The summed E-state index contributed by atoms with van der Waals surface area (Å²) in [6, 6.07) is 0. The van der Waals surface area contributed by atoms with Crippen LogP contribution >= 0.6 is 11.3 Å². The van der Waals surface area contributed by atoms with Gasteiger partial charge in [-0.25, -0.2) is 4.98 Å². The minimum Gasteiger partial charge on any atom is -0.384 e. The van der Waals surface area contributed by atoms with E-state index in [0.29, 0.717) is 11.8 Å². The van der Waals surface area contributed by atoms with Gasteiger partial charge in [0.1, 0.15) is 5.01 Å². The van der Waals surface area contributed by atoms with Gasteiger partial charge in [0.25, 0.3) is 0 Å². The molecule has 124 valence electrons. The zero-order chi connectivity index (χ0) is 16.1. The van der Waals surface area contributed by atoms with Crippen LogP contribution in [0.1, 0.15) is 41.8 Å². The first-order chi connectivity index (χ1) is 10.5. The van der Waals surface area contributed by atoms with Gasteiger partial charge in [-0.2, -0.15) is 0 Å². The Hall–Kier alpha value is -1.14. The number of guanidine groups is 1. The number of likely N-dealkylation sites (tertiary alicyclic amines) is 1. The van der Waals surface area contributed by atoms with Gasteiger partial charge < -0.3 is 15.0 Å². The van der Waals surface area contributed by atoms with E-state index < -0.39 is 0 Å². The summed E-state index contributed by atoms with van der Waals surface area (Å²) in [4.78, 5) is 12.8. The van der Waals surface area contributed by atoms with Crippen LogP contribution in [0.2, 0.25) is 0 Å². The van der Waals surface area contributed by atoms with E-state index in [0.717, 1.165) is 37.2 Å². The molecule has 1 fully saturated rings. The zero-order valence-electron chi connectivity index (χ0n) is 14.3. The minimum absolute atomic E-state index is 0.484. The van der Waals surface area contributed by atoms with Crippen LogP contribution in [0, 0.1) is 12.8 Å². The van der Waals surface area contributed by atoms with Crippen LogP contribution in [-0.2, 0) is 11.3 Å². The Morgan fingerprint density at radius 2 is 2.32 bits per heavy atom. The highest BCUT2D eigenvalue weighted by molar-refractivity contribution is 7.11. The highest BCUT2D eigenvalue weighted by Crippen LogP contribution is 2.24. The molecule has 0 amide bonds. The molecule has 0 spiro atoms. The Bertz CT molecular complexity index is 512. The van der Waals surface area contributed by atoms with E-state index in [9.17, 15) is 0 Å². The monoisotopic (exact) mass is 324 g/mol. The second kappa shape index (κ2) is 7.92. The van der Waals surface area contributed by atoms with E-state index in [1.165, 1.54) is 17.0 Å². The van der Waals surface area contributed by atoms with Crippen molar-refractivity contribution in [1.82, 2.24) is 15.2 Å². The Balaban J connectivity index is 1.91. The molecule has 1 aliphatic heterocycles. The summed E-state index contributed by atoms with van der Waals surface area (Å²) in [6.07, 6.45) is 1.17. The van der Waals surface area contributed by atoms with Crippen molar-refractivity contribution in [2.24, 2.45) is 10.9 Å². The van der Waals surface area contributed by atoms with E-state index in [1.807, 2.05) is 7.05 Å². The van der Waals surface area contributed by atoms with Crippen molar-refractivity contribution < 1.29 is 4.74 Å². The normalized spacial score (nSPS) is 19.3. The molecule has 0 bridgehead atoms. The third kappa shape index (κ3) is 4.20. The number of hydrogen-bond donors (Lipinski definition) is 1. The predicted molar refractivity (Wildman–Crippen MR) is 92.7 cm³/mol. The lowest BCUT2D eigenvalue weighted by Crippen LogP contribution is -2.39. The number of ether oxygens (including phenoxy) is 1. The maximum Gasteiger partial charge on any atom is 0.194 e. The molecule has 1 unspecified atom stereocenters. The Morgan fingerprint density at radius 1 is 1.55 bits per heavy atom. The fourth-order valence-corrected chi connectivity index (χ4v) is 3.99. The lowest BCUT2D eigenvalue weighted by molar-refractivity contribution is 0.157. The van der Waals surface area contributed by atoms with Gasteiger partial charge in [0.15, 0.2) is 5.96 Å². The largest absolute Gasteiger partial charge is 0.384 e. The second-order valence-electron chi connectivity index (χ2n) is 6.16. The van der Waals surface area contributed by atoms with Crippen molar-refractivity contribution in [3.05, 3.63) is 15.6 Å². The molecule has 0 radical (unpaired) electrons. The molecule has 6 heteroatoms. The van der Waals surface area contributed by atoms with E-state index in [1.54, 1.807) is 18.4 Å². The number of aliphatic imine (C=N–C) groups is 1. The summed E-state index contributed by atoms with van der Waals surface area (Å²) in [6.45, 7) is 10.2. The van der Waals surface area contributed by atoms with Crippen LogP contribution in [-0.4, -0.2) is 49.7 Å². The van der Waals surface area contributed by atoms with Crippen molar-refractivity contribution in [2.75, 3.05) is 33.9 Å². The van der Waals surface area contributed by atoms with Crippen LogP contribution in [0.5, 0.6) is 0 Å². The highest BCUT2D eigenvalue weighted by Gasteiger charge is 2.24. The molecule has 1 aromatic rings. The molecule has 1 saturated heterocycles. The first-order valence-electron chi connectivity index (χ1n) is 7.95. The van der Waals surface area contributed by atoms with Gasteiger partial charge >= 0.3 is 0 Å². The van der Waals surface area contributed by atoms with Crippen molar-refractivity contribution in [1.29, 1.82) is 0 Å². The first-order valence-corrected chi connectivity index (χ1v) is 8.77. The number of aryl methyl sites for hydroxylation is 1. The van der Waals surface area contributed by atoms with Gasteiger partial charge in [-0.3, -0.25) is 4.99 Å². The van der Waals surface area contributed by atoms with E-state index >= 15 is 0 Å². The number of nitrogens with zero attached hydrogens (tertiary/aromatic N) is 3. The maximum atomic E-state index is 5.26. The SMILES string of the molecule is CN=C(NCc1nc(C(C)C)c(C)s1)N1CCC(COC)C1. The molecule has 0 aliphatic carbocycles. The Morgan fingerprint density at radius 3 is 2.91 bits per heavy atom.